The summed E-state index contributed by atoms with van der Waals surface area (Å²) < 4.78 is 0. The largest absolute Gasteiger partial charge is 0.369 e. The molecule has 1 aromatic rings. The SMILES string of the molecule is Cc1cccc(N2CCN(C[C@@](C)(N)C3CC3)CC2)c1. The summed E-state index contributed by atoms with van der Waals surface area (Å²) in [5.41, 5.74) is 9.19. The minimum atomic E-state index is 0.0194. The normalized spacial score (nSPS) is 23.6. The number of hydrogen-bond donors (Lipinski definition) is 1. The lowest BCUT2D eigenvalue weighted by atomic mass is 9.96. The summed E-state index contributed by atoms with van der Waals surface area (Å²) in [4.78, 5) is 5.04. The van der Waals surface area contributed by atoms with Crippen LogP contribution in [0.3, 0.4) is 0 Å². The topological polar surface area (TPSA) is 32.5 Å². The van der Waals surface area contributed by atoms with Gasteiger partial charge in [-0.15, -0.1) is 0 Å². The van der Waals surface area contributed by atoms with Crippen molar-refractivity contribution < 1.29 is 0 Å². The van der Waals surface area contributed by atoms with Gasteiger partial charge in [0.2, 0.25) is 0 Å². The van der Waals surface area contributed by atoms with E-state index in [0.717, 1.165) is 38.6 Å². The van der Waals surface area contributed by atoms with Crippen molar-refractivity contribution >= 4 is 5.69 Å². The van der Waals surface area contributed by atoms with Crippen LogP contribution in [0.4, 0.5) is 5.69 Å². The van der Waals surface area contributed by atoms with Gasteiger partial charge >= 0.3 is 0 Å². The second-order valence-electron chi connectivity index (χ2n) is 6.88. The highest BCUT2D eigenvalue weighted by Gasteiger charge is 2.39. The van der Waals surface area contributed by atoms with E-state index in [9.17, 15) is 0 Å². The van der Waals surface area contributed by atoms with Crippen molar-refractivity contribution in [3.05, 3.63) is 29.8 Å². The summed E-state index contributed by atoms with van der Waals surface area (Å²) in [6, 6.07) is 8.82. The molecule has 2 N–H and O–H groups in total. The molecule has 0 spiro atoms. The number of anilines is 1. The minimum Gasteiger partial charge on any atom is -0.369 e. The van der Waals surface area contributed by atoms with Gasteiger partial charge in [-0.1, -0.05) is 12.1 Å². The monoisotopic (exact) mass is 273 g/mol. The van der Waals surface area contributed by atoms with Gasteiger partial charge in [0.25, 0.3) is 0 Å². The number of hydrogen-bond acceptors (Lipinski definition) is 3. The number of piperazine rings is 1. The molecule has 1 atom stereocenters. The van der Waals surface area contributed by atoms with Crippen molar-refractivity contribution in [2.24, 2.45) is 11.7 Å². The summed E-state index contributed by atoms with van der Waals surface area (Å²) in [5, 5.41) is 0. The van der Waals surface area contributed by atoms with E-state index < -0.39 is 0 Å². The molecule has 0 radical (unpaired) electrons. The number of rotatable bonds is 4. The second kappa shape index (κ2) is 5.38. The molecule has 1 aromatic carbocycles. The molecular weight excluding hydrogens is 246 g/mol. The Labute approximate surface area is 122 Å². The smallest absolute Gasteiger partial charge is 0.0369 e. The fourth-order valence-corrected chi connectivity index (χ4v) is 3.34. The predicted molar refractivity (Wildman–Crippen MR) is 85.1 cm³/mol. The van der Waals surface area contributed by atoms with E-state index in [1.165, 1.54) is 24.1 Å². The third-order valence-corrected chi connectivity index (χ3v) is 4.81. The van der Waals surface area contributed by atoms with Gasteiger partial charge in [-0.05, 0) is 50.3 Å². The van der Waals surface area contributed by atoms with Gasteiger partial charge < -0.3 is 10.6 Å². The van der Waals surface area contributed by atoms with E-state index in [-0.39, 0.29) is 5.54 Å². The highest BCUT2D eigenvalue weighted by molar-refractivity contribution is 5.48. The maximum absolute atomic E-state index is 6.46. The number of benzene rings is 1. The van der Waals surface area contributed by atoms with Crippen molar-refractivity contribution in [3.63, 3.8) is 0 Å². The van der Waals surface area contributed by atoms with Crippen LogP contribution in [-0.2, 0) is 0 Å². The summed E-state index contributed by atoms with van der Waals surface area (Å²) in [5.74, 6) is 0.761. The molecule has 2 aliphatic rings. The van der Waals surface area contributed by atoms with Gasteiger partial charge in [0, 0.05) is 44.0 Å². The van der Waals surface area contributed by atoms with Crippen LogP contribution in [0, 0.1) is 12.8 Å². The summed E-state index contributed by atoms with van der Waals surface area (Å²) >= 11 is 0. The van der Waals surface area contributed by atoms with E-state index in [1.54, 1.807) is 0 Å². The summed E-state index contributed by atoms with van der Waals surface area (Å²) in [6.45, 7) is 9.95. The van der Waals surface area contributed by atoms with Gasteiger partial charge in [0.1, 0.15) is 0 Å². The molecule has 3 nitrogen and oxygen atoms in total. The van der Waals surface area contributed by atoms with E-state index in [4.69, 9.17) is 5.73 Å². The van der Waals surface area contributed by atoms with Gasteiger partial charge in [-0.25, -0.2) is 0 Å². The van der Waals surface area contributed by atoms with E-state index >= 15 is 0 Å². The summed E-state index contributed by atoms with van der Waals surface area (Å²) in [7, 11) is 0. The molecule has 1 aliphatic heterocycles. The standard InChI is InChI=1S/C17H27N3/c1-14-4-3-5-16(12-14)20-10-8-19(9-11-20)13-17(2,18)15-6-7-15/h3-5,12,15H,6-11,13,18H2,1-2H3/t17-/m1/s1. The number of nitrogens with zero attached hydrogens (tertiary/aromatic N) is 2. The van der Waals surface area contributed by atoms with E-state index in [2.05, 4.69) is 47.9 Å². The Morgan fingerprint density at radius 1 is 1.20 bits per heavy atom. The average molecular weight is 273 g/mol. The van der Waals surface area contributed by atoms with Gasteiger partial charge in [-0.2, -0.15) is 0 Å². The molecule has 1 saturated heterocycles. The van der Waals surface area contributed by atoms with Crippen molar-refractivity contribution in [2.45, 2.75) is 32.2 Å². The van der Waals surface area contributed by atoms with Crippen LogP contribution < -0.4 is 10.6 Å². The maximum atomic E-state index is 6.46. The van der Waals surface area contributed by atoms with E-state index in [0.29, 0.717) is 0 Å². The first-order valence-corrected chi connectivity index (χ1v) is 7.87. The van der Waals surface area contributed by atoms with Crippen molar-refractivity contribution in [3.8, 4) is 0 Å². The highest BCUT2D eigenvalue weighted by Crippen LogP contribution is 2.38. The fourth-order valence-electron chi connectivity index (χ4n) is 3.34. The first-order valence-electron chi connectivity index (χ1n) is 7.87. The Bertz CT molecular complexity index is 457. The van der Waals surface area contributed by atoms with Crippen LogP contribution in [0.25, 0.3) is 0 Å². The molecule has 1 heterocycles. The zero-order valence-electron chi connectivity index (χ0n) is 12.8. The van der Waals surface area contributed by atoms with Crippen LogP contribution in [0.2, 0.25) is 0 Å². The molecular formula is C17H27N3. The van der Waals surface area contributed by atoms with E-state index in [1.807, 2.05) is 0 Å². The molecule has 3 rings (SSSR count). The lowest BCUT2D eigenvalue weighted by Crippen LogP contribution is -2.55. The zero-order valence-corrected chi connectivity index (χ0v) is 12.8. The first kappa shape index (κ1) is 13.9. The Morgan fingerprint density at radius 2 is 1.90 bits per heavy atom. The molecule has 1 saturated carbocycles. The predicted octanol–water partition coefficient (Wildman–Crippen LogP) is 2.24. The van der Waals surface area contributed by atoms with Gasteiger partial charge in [0.15, 0.2) is 0 Å². The second-order valence-corrected chi connectivity index (χ2v) is 6.88. The molecule has 0 amide bonds. The molecule has 0 bridgehead atoms. The fraction of sp³-hybridized carbons (Fsp3) is 0.647. The maximum Gasteiger partial charge on any atom is 0.0369 e. The Morgan fingerprint density at radius 3 is 2.50 bits per heavy atom. The van der Waals surface area contributed by atoms with Crippen molar-refractivity contribution in [2.75, 3.05) is 37.6 Å². The van der Waals surface area contributed by atoms with Crippen molar-refractivity contribution in [1.29, 1.82) is 0 Å². The Balaban J connectivity index is 1.54. The summed E-state index contributed by atoms with van der Waals surface area (Å²) in [6.07, 6.45) is 2.66. The third-order valence-electron chi connectivity index (χ3n) is 4.81. The van der Waals surface area contributed by atoms with Crippen LogP contribution >= 0.6 is 0 Å². The zero-order chi connectivity index (χ0) is 14.2. The van der Waals surface area contributed by atoms with Crippen LogP contribution in [0.5, 0.6) is 0 Å². The lowest BCUT2D eigenvalue weighted by molar-refractivity contribution is 0.193. The molecule has 2 fully saturated rings. The molecule has 0 unspecified atom stereocenters. The molecule has 1 aliphatic carbocycles. The molecule has 0 aromatic heterocycles. The molecule has 3 heteroatoms. The Kier molecular flexibility index (Phi) is 3.74. The van der Waals surface area contributed by atoms with Crippen LogP contribution in [0.1, 0.15) is 25.3 Å². The number of nitrogens with two attached hydrogens (primary N) is 1. The lowest BCUT2D eigenvalue weighted by Gasteiger charge is -2.40. The molecule has 20 heavy (non-hydrogen) atoms. The van der Waals surface area contributed by atoms with Crippen LogP contribution in [-0.4, -0.2) is 43.2 Å². The first-order chi connectivity index (χ1) is 9.54. The minimum absolute atomic E-state index is 0.0194. The Hall–Kier alpha value is -1.06. The van der Waals surface area contributed by atoms with Gasteiger partial charge in [-0.3, -0.25) is 4.90 Å². The van der Waals surface area contributed by atoms with Crippen molar-refractivity contribution in [1.82, 2.24) is 4.90 Å². The average Bonchev–Trinajstić information content (AvgIpc) is 3.24. The van der Waals surface area contributed by atoms with Crippen LogP contribution in [0.15, 0.2) is 24.3 Å². The van der Waals surface area contributed by atoms with Gasteiger partial charge in [0.05, 0.1) is 0 Å². The third kappa shape index (κ3) is 3.15. The number of aryl methyl sites for hydroxylation is 1. The molecule has 110 valence electrons. The highest BCUT2D eigenvalue weighted by atomic mass is 15.3. The quantitative estimate of drug-likeness (QED) is 0.913.